The van der Waals surface area contributed by atoms with Crippen LogP contribution >= 0.6 is 0 Å². The Kier molecular flexibility index (Phi) is 2.27. The standard InChI is InChI=1S/C12H17O/c1-12(8-3-2-4-9-12)10-6-5-7-11(10)13/h2-3,8,10H,4-7,9H2,1H3/t10?,12-/m1/s1. The van der Waals surface area contributed by atoms with E-state index in [-0.39, 0.29) is 5.41 Å². The first-order valence-electron chi connectivity index (χ1n) is 5.26. The third-order valence-corrected chi connectivity index (χ3v) is 3.56. The van der Waals surface area contributed by atoms with Crippen LogP contribution in [-0.2, 0) is 4.79 Å². The molecule has 2 aliphatic carbocycles. The lowest BCUT2D eigenvalue weighted by Crippen LogP contribution is -2.31. The topological polar surface area (TPSA) is 17.1 Å². The van der Waals surface area contributed by atoms with Gasteiger partial charge in [0.05, 0.1) is 0 Å². The minimum atomic E-state index is 0.169. The molecule has 2 aliphatic rings. The average Bonchev–Trinajstić information content (AvgIpc) is 2.53. The van der Waals surface area contributed by atoms with E-state index in [1.54, 1.807) is 0 Å². The van der Waals surface area contributed by atoms with Crippen molar-refractivity contribution in [3.8, 4) is 0 Å². The molecule has 1 saturated carbocycles. The number of rotatable bonds is 1. The minimum Gasteiger partial charge on any atom is -0.299 e. The van der Waals surface area contributed by atoms with Gasteiger partial charge in [0, 0.05) is 12.3 Å². The van der Waals surface area contributed by atoms with Crippen LogP contribution < -0.4 is 0 Å². The molecule has 0 aromatic rings. The second-order valence-corrected chi connectivity index (χ2v) is 4.55. The zero-order valence-corrected chi connectivity index (χ0v) is 8.25. The zero-order valence-electron chi connectivity index (χ0n) is 8.25. The van der Waals surface area contributed by atoms with E-state index >= 15 is 0 Å². The Labute approximate surface area is 80.2 Å². The summed E-state index contributed by atoms with van der Waals surface area (Å²) in [6, 6.07) is 0. The normalized spacial score (nSPS) is 39.8. The average molecular weight is 177 g/mol. The fourth-order valence-electron chi connectivity index (χ4n) is 2.67. The molecule has 71 valence electrons. The van der Waals surface area contributed by atoms with Gasteiger partial charge in [-0.25, -0.2) is 0 Å². The zero-order chi connectivity index (χ0) is 9.31. The third-order valence-electron chi connectivity index (χ3n) is 3.56. The number of carbonyl (C=O) groups is 1. The summed E-state index contributed by atoms with van der Waals surface area (Å²) < 4.78 is 0. The maximum absolute atomic E-state index is 11.6. The first-order chi connectivity index (χ1) is 6.22. The molecule has 0 saturated heterocycles. The summed E-state index contributed by atoms with van der Waals surface area (Å²) in [7, 11) is 0. The SMILES string of the molecule is C[C@@]1(C2CCCC2=O)[CH]C=CCC1. The molecule has 1 nitrogen and oxygen atoms in total. The third kappa shape index (κ3) is 1.56. The summed E-state index contributed by atoms with van der Waals surface area (Å²) in [5, 5.41) is 0. The molecule has 0 bridgehead atoms. The summed E-state index contributed by atoms with van der Waals surface area (Å²) in [6.45, 7) is 2.24. The van der Waals surface area contributed by atoms with Gasteiger partial charge in [-0.15, -0.1) is 0 Å². The molecule has 1 heteroatoms. The number of allylic oxidation sites excluding steroid dienone is 2. The van der Waals surface area contributed by atoms with Crippen molar-refractivity contribution in [2.24, 2.45) is 11.3 Å². The summed E-state index contributed by atoms with van der Waals surface area (Å²) in [5.74, 6) is 0.812. The van der Waals surface area contributed by atoms with E-state index in [0.29, 0.717) is 11.7 Å². The summed E-state index contributed by atoms with van der Waals surface area (Å²) in [6.07, 6.45) is 11.9. The fourth-order valence-corrected chi connectivity index (χ4v) is 2.67. The van der Waals surface area contributed by atoms with E-state index in [4.69, 9.17) is 0 Å². The van der Waals surface area contributed by atoms with Gasteiger partial charge in [-0.1, -0.05) is 19.1 Å². The van der Waals surface area contributed by atoms with Crippen molar-refractivity contribution >= 4 is 5.78 Å². The molecule has 2 rings (SSSR count). The van der Waals surface area contributed by atoms with Gasteiger partial charge in [0.15, 0.2) is 0 Å². The van der Waals surface area contributed by atoms with Crippen LogP contribution in [0.25, 0.3) is 0 Å². The molecule has 1 unspecified atom stereocenters. The van der Waals surface area contributed by atoms with Gasteiger partial charge in [-0.3, -0.25) is 4.79 Å². The van der Waals surface area contributed by atoms with E-state index in [2.05, 4.69) is 25.5 Å². The van der Waals surface area contributed by atoms with E-state index in [0.717, 1.165) is 32.1 Å². The Bertz CT molecular complexity index is 242. The molecule has 1 radical (unpaired) electrons. The lowest BCUT2D eigenvalue weighted by molar-refractivity contribution is -0.123. The van der Waals surface area contributed by atoms with Gasteiger partial charge >= 0.3 is 0 Å². The molecule has 0 heterocycles. The van der Waals surface area contributed by atoms with Gasteiger partial charge in [-0.05, 0) is 37.5 Å². The molecule has 0 amide bonds. The van der Waals surface area contributed by atoms with Crippen molar-refractivity contribution in [2.75, 3.05) is 0 Å². The van der Waals surface area contributed by atoms with Crippen LogP contribution in [-0.4, -0.2) is 5.78 Å². The molecular weight excluding hydrogens is 160 g/mol. The Balaban J connectivity index is 2.13. The molecule has 0 aromatic carbocycles. The minimum absolute atomic E-state index is 0.169. The van der Waals surface area contributed by atoms with Crippen molar-refractivity contribution < 1.29 is 4.79 Å². The van der Waals surface area contributed by atoms with Crippen molar-refractivity contribution in [3.05, 3.63) is 18.6 Å². The number of hydrogen-bond donors (Lipinski definition) is 0. The van der Waals surface area contributed by atoms with Crippen LogP contribution in [0, 0.1) is 17.8 Å². The van der Waals surface area contributed by atoms with Gasteiger partial charge in [0.25, 0.3) is 0 Å². The number of hydrogen-bond acceptors (Lipinski definition) is 1. The highest BCUT2D eigenvalue weighted by molar-refractivity contribution is 5.83. The maximum Gasteiger partial charge on any atom is 0.136 e. The predicted octanol–water partition coefficient (Wildman–Crippen LogP) is 2.92. The van der Waals surface area contributed by atoms with Crippen molar-refractivity contribution in [1.82, 2.24) is 0 Å². The van der Waals surface area contributed by atoms with E-state index < -0.39 is 0 Å². The number of ketones is 1. The first kappa shape index (κ1) is 8.98. The van der Waals surface area contributed by atoms with Crippen LogP contribution in [0.2, 0.25) is 0 Å². The fraction of sp³-hybridized carbons (Fsp3) is 0.667. The van der Waals surface area contributed by atoms with Crippen LogP contribution in [0.15, 0.2) is 12.2 Å². The first-order valence-corrected chi connectivity index (χ1v) is 5.26. The van der Waals surface area contributed by atoms with Gasteiger partial charge in [-0.2, -0.15) is 0 Å². The molecule has 1 fully saturated rings. The molecule has 2 atom stereocenters. The maximum atomic E-state index is 11.6. The van der Waals surface area contributed by atoms with Crippen LogP contribution in [0.3, 0.4) is 0 Å². The molecule has 0 aliphatic heterocycles. The summed E-state index contributed by atoms with van der Waals surface area (Å²) in [5.41, 5.74) is 0.169. The van der Waals surface area contributed by atoms with Crippen LogP contribution in [0.1, 0.15) is 39.0 Å². The Morgan fingerprint density at radius 1 is 1.54 bits per heavy atom. The quantitative estimate of drug-likeness (QED) is 0.602. The lowest BCUT2D eigenvalue weighted by Gasteiger charge is -2.35. The second kappa shape index (κ2) is 3.28. The molecule has 0 spiro atoms. The monoisotopic (exact) mass is 177 g/mol. The largest absolute Gasteiger partial charge is 0.299 e. The second-order valence-electron chi connectivity index (χ2n) is 4.55. The van der Waals surface area contributed by atoms with Gasteiger partial charge in [0.1, 0.15) is 5.78 Å². The summed E-state index contributed by atoms with van der Waals surface area (Å²) in [4.78, 5) is 11.6. The Morgan fingerprint density at radius 3 is 2.92 bits per heavy atom. The predicted molar refractivity (Wildman–Crippen MR) is 53.1 cm³/mol. The van der Waals surface area contributed by atoms with E-state index in [9.17, 15) is 4.79 Å². The van der Waals surface area contributed by atoms with Crippen molar-refractivity contribution in [3.63, 3.8) is 0 Å². The molecular formula is C12H17O. The van der Waals surface area contributed by atoms with Gasteiger partial charge < -0.3 is 0 Å². The highest BCUT2D eigenvalue weighted by atomic mass is 16.1. The van der Waals surface area contributed by atoms with Crippen molar-refractivity contribution in [2.45, 2.75) is 39.0 Å². The Morgan fingerprint density at radius 2 is 2.38 bits per heavy atom. The highest BCUT2D eigenvalue weighted by Gasteiger charge is 2.40. The van der Waals surface area contributed by atoms with Gasteiger partial charge in [0.2, 0.25) is 0 Å². The lowest BCUT2D eigenvalue weighted by atomic mass is 9.68. The molecule has 0 aromatic heterocycles. The number of carbonyl (C=O) groups excluding carboxylic acids is 1. The smallest absolute Gasteiger partial charge is 0.136 e. The summed E-state index contributed by atoms with van der Waals surface area (Å²) >= 11 is 0. The van der Waals surface area contributed by atoms with Crippen LogP contribution in [0.5, 0.6) is 0 Å². The van der Waals surface area contributed by atoms with Crippen molar-refractivity contribution in [1.29, 1.82) is 0 Å². The van der Waals surface area contributed by atoms with E-state index in [1.807, 2.05) is 0 Å². The molecule has 0 N–H and O–H groups in total. The van der Waals surface area contributed by atoms with Crippen LogP contribution in [0.4, 0.5) is 0 Å². The number of Topliss-reactive ketones (excluding diaryl/α,β-unsaturated/α-hetero) is 1. The molecule has 13 heavy (non-hydrogen) atoms. The Hall–Kier alpha value is -0.590. The highest BCUT2D eigenvalue weighted by Crippen LogP contribution is 2.44. The van der Waals surface area contributed by atoms with E-state index in [1.165, 1.54) is 0 Å².